The predicted octanol–water partition coefficient (Wildman–Crippen LogP) is 2.66. The third-order valence-electron chi connectivity index (χ3n) is 3.97. The summed E-state index contributed by atoms with van der Waals surface area (Å²) >= 11 is 0. The molecule has 10 heteroatoms. The lowest BCUT2D eigenvalue weighted by molar-refractivity contribution is -0.167. The first-order chi connectivity index (χ1) is 11.8. The number of carbonyl (C=O) groups excluding carboxylic acids is 1. The summed E-state index contributed by atoms with van der Waals surface area (Å²) in [5.41, 5.74) is 0.657. The number of amides is 1. The molecule has 0 saturated carbocycles. The van der Waals surface area contributed by atoms with Crippen LogP contribution in [-0.2, 0) is 17.8 Å². The molecule has 0 aliphatic carbocycles. The molecule has 0 fully saturated rings. The lowest BCUT2D eigenvalue weighted by Gasteiger charge is -2.24. The molecule has 1 atom stereocenters. The van der Waals surface area contributed by atoms with Crippen molar-refractivity contribution in [1.82, 2.24) is 14.8 Å². The second-order valence-electron chi connectivity index (χ2n) is 5.61. The Morgan fingerprint density at radius 2 is 2.16 bits per heavy atom. The highest BCUT2D eigenvalue weighted by molar-refractivity contribution is 5.93. The number of nitrogens with one attached hydrogen (secondary N) is 1. The van der Waals surface area contributed by atoms with Gasteiger partial charge in [-0.3, -0.25) is 10.1 Å². The molecular weight excluding hydrogens is 344 g/mol. The molecule has 1 aromatic heterocycles. The van der Waals surface area contributed by atoms with Crippen LogP contribution in [0.1, 0.15) is 23.7 Å². The van der Waals surface area contributed by atoms with Gasteiger partial charge in [-0.1, -0.05) is 0 Å². The Morgan fingerprint density at radius 1 is 1.40 bits per heavy atom. The van der Waals surface area contributed by atoms with Crippen LogP contribution in [0.15, 0.2) is 18.2 Å². The van der Waals surface area contributed by atoms with Crippen molar-refractivity contribution < 1.29 is 27.1 Å². The number of ether oxygens (including phenoxy) is 1. The second-order valence-corrected chi connectivity index (χ2v) is 5.61. The molecule has 6 nitrogen and oxygen atoms in total. The number of halogens is 4. The molecule has 2 aromatic rings. The molecular formula is C15H14F4N4O2. The van der Waals surface area contributed by atoms with Crippen LogP contribution in [-0.4, -0.2) is 34.0 Å². The third-order valence-corrected chi connectivity index (χ3v) is 3.97. The van der Waals surface area contributed by atoms with Crippen LogP contribution < -0.4 is 10.1 Å². The highest BCUT2D eigenvalue weighted by Gasteiger charge is 2.39. The van der Waals surface area contributed by atoms with Crippen LogP contribution in [0.25, 0.3) is 0 Å². The van der Waals surface area contributed by atoms with E-state index < -0.39 is 23.8 Å². The van der Waals surface area contributed by atoms with Gasteiger partial charge in [0, 0.05) is 17.9 Å². The number of hydrogen-bond donors (Lipinski definition) is 1. The Morgan fingerprint density at radius 3 is 2.84 bits per heavy atom. The van der Waals surface area contributed by atoms with Crippen molar-refractivity contribution in [3.8, 4) is 5.75 Å². The molecule has 2 heterocycles. The van der Waals surface area contributed by atoms with E-state index in [-0.39, 0.29) is 5.92 Å². The summed E-state index contributed by atoms with van der Waals surface area (Å²) in [6.45, 7) is 0.296. The molecule has 1 amide bonds. The summed E-state index contributed by atoms with van der Waals surface area (Å²) in [5.74, 6) is -2.07. The van der Waals surface area contributed by atoms with E-state index in [2.05, 4.69) is 10.1 Å². The fraction of sp³-hybridized carbons (Fsp3) is 0.400. The molecule has 0 saturated heterocycles. The Kier molecular flexibility index (Phi) is 4.36. The van der Waals surface area contributed by atoms with Crippen molar-refractivity contribution in [2.24, 2.45) is 0 Å². The zero-order valence-corrected chi connectivity index (χ0v) is 13.1. The summed E-state index contributed by atoms with van der Waals surface area (Å²) in [7, 11) is 1.48. The van der Waals surface area contributed by atoms with Gasteiger partial charge in [0.15, 0.2) is 0 Å². The molecule has 1 aliphatic rings. The van der Waals surface area contributed by atoms with Crippen molar-refractivity contribution in [2.75, 3.05) is 12.4 Å². The number of aromatic nitrogens is 3. The molecule has 1 aliphatic heterocycles. The van der Waals surface area contributed by atoms with Gasteiger partial charge in [0.05, 0.1) is 13.7 Å². The van der Waals surface area contributed by atoms with Crippen molar-refractivity contribution >= 4 is 11.9 Å². The fourth-order valence-electron chi connectivity index (χ4n) is 2.81. The zero-order valence-electron chi connectivity index (χ0n) is 13.1. The summed E-state index contributed by atoms with van der Waals surface area (Å²) < 4.78 is 57.1. The highest BCUT2D eigenvalue weighted by atomic mass is 19.4. The fourth-order valence-corrected chi connectivity index (χ4v) is 2.81. The number of carbonyl (C=O) groups is 1. The molecule has 1 N–H and O–H groups in total. The monoisotopic (exact) mass is 358 g/mol. The predicted molar refractivity (Wildman–Crippen MR) is 78.7 cm³/mol. The van der Waals surface area contributed by atoms with Gasteiger partial charge in [-0.2, -0.15) is 18.2 Å². The number of benzene rings is 1. The number of anilines is 1. The highest BCUT2D eigenvalue weighted by Crippen LogP contribution is 2.34. The standard InChI is InChI=1S/C15H14F4N4O2/c1-25-11-4-3-9(16)6-10(11)8-2-5-12-20-14(22-23(12)7-8)21-13(24)15(17,18)19/h3-4,6,8H,2,5,7H2,1H3,(H,21,22,24). The minimum atomic E-state index is -5.01. The Bertz CT molecular complexity index is 803. The van der Waals surface area contributed by atoms with Gasteiger partial charge >= 0.3 is 12.1 Å². The molecule has 1 unspecified atom stereocenters. The van der Waals surface area contributed by atoms with Gasteiger partial charge in [0.25, 0.3) is 0 Å². The maximum absolute atomic E-state index is 13.5. The number of fused-ring (bicyclic) bond motifs is 1. The second kappa shape index (κ2) is 6.34. The average molecular weight is 358 g/mol. The van der Waals surface area contributed by atoms with Crippen molar-refractivity contribution in [3.63, 3.8) is 0 Å². The number of methoxy groups -OCH3 is 1. The zero-order chi connectivity index (χ0) is 18.2. The lowest BCUT2D eigenvalue weighted by Crippen LogP contribution is -2.30. The van der Waals surface area contributed by atoms with Crippen LogP contribution in [0.3, 0.4) is 0 Å². The van der Waals surface area contributed by atoms with E-state index in [0.29, 0.717) is 36.5 Å². The molecule has 25 heavy (non-hydrogen) atoms. The largest absolute Gasteiger partial charge is 0.496 e. The number of nitrogens with zero attached hydrogens (tertiary/aromatic N) is 3. The molecule has 0 radical (unpaired) electrons. The Balaban J connectivity index is 1.81. The number of hydrogen-bond acceptors (Lipinski definition) is 4. The first-order valence-electron chi connectivity index (χ1n) is 7.43. The number of alkyl halides is 3. The van der Waals surface area contributed by atoms with Gasteiger partial charge in [0.1, 0.15) is 17.4 Å². The number of aryl methyl sites for hydroxylation is 1. The van der Waals surface area contributed by atoms with Crippen LogP contribution in [0.4, 0.5) is 23.5 Å². The quantitative estimate of drug-likeness (QED) is 0.857. The maximum atomic E-state index is 13.5. The van der Waals surface area contributed by atoms with Gasteiger partial charge in [-0.15, -0.1) is 5.10 Å². The number of rotatable bonds is 3. The van der Waals surface area contributed by atoms with Crippen molar-refractivity contribution in [2.45, 2.75) is 31.5 Å². The van der Waals surface area contributed by atoms with E-state index in [1.807, 2.05) is 0 Å². The minimum absolute atomic E-state index is 0.133. The summed E-state index contributed by atoms with van der Waals surface area (Å²) in [6.07, 6.45) is -3.98. The first kappa shape index (κ1) is 17.2. The average Bonchev–Trinajstić information content (AvgIpc) is 2.95. The summed E-state index contributed by atoms with van der Waals surface area (Å²) in [6, 6.07) is 4.19. The van der Waals surface area contributed by atoms with Gasteiger partial charge in [-0.05, 0) is 24.6 Å². The summed E-state index contributed by atoms with van der Waals surface area (Å²) in [4.78, 5) is 14.9. The van der Waals surface area contributed by atoms with E-state index in [4.69, 9.17) is 4.74 Å². The van der Waals surface area contributed by atoms with E-state index in [1.54, 1.807) is 5.32 Å². The van der Waals surface area contributed by atoms with Crippen molar-refractivity contribution in [3.05, 3.63) is 35.4 Å². The maximum Gasteiger partial charge on any atom is 0.471 e. The normalized spacial score (nSPS) is 17.1. The Hall–Kier alpha value is -2.65. The van der Waals surface area contributed by atoms with Gasteiger partial charge < -0.3 is 4.74 Å². The smallest absolute Gasteiger partial charge is 0.471 e. The summed E-state index contributed by atoms with van der Waals surface area (Å²) in [5, 5.41) is 5.53. The van der Waals surface area contributed by atoms with Crippen molar-refractivity contribution in [1.29, 1.82) is 0 Å². The molecule has 134 valence electrons. The molecule has 0 spiro atoms. The van der Waals surface area contributed by atoms with E-state index in [0.717, 1.165) is 0 Å². The topological polar surface area (TPSA) is 69.0 Å². The van der Waals surface area contributed by atoms with E-state index in [9.17, 15) is 22.4 Å². The van der Waals surface area contributed by atoms with Gasteiger partial charge in [-0.25, -0.2) is 9.07 Å². The molecule has 1 aromatic carbocycles. The molecule has 0 bridgehead atoms. The van der Waals surface area contributed by atoms with Crippen LogP contribution in [0.2, 0.25) is 0 Å². The van der Waals surface area contributed by atoms with Crippen LogP contribution in [0, 0.1) is 5.82 Å². The third kappa shape index (κ3) is 3.57. The van der Waals surface area contributed by atoms with Gasteiger partial charge in [0.2, 0.25) is 5.95 Å². The van der Waals surface area contributed by atoms with E-state index >= 15 is 0 Å². The SMILES string of the molecule is COc1ccc(F)cc1C1CCc2nc(NC(=O)C(F)(F)F)nn2C1. The first-order valence-corrected chi connectivity index (χ1v) is 7.43. The van der Waals surface area contributed by atoms with E-state index in [1.165, 1.54) is 30.0 Å². The lowest BCUT2D eigenvalue weighted by atomic mass is 9.91. The minimum Gasteiger partial charge on any atom is -0.496 e. The van der Waals surface area contributed by atoms with Crippen LogP contribution >= 0.6 is 0 Å². The Labute approximate surface area is 139 Å². The van der Waals surface area contributed by atoms with Crippen LogP contribution in [0.5, 0.6) is 5.75 Å². The molecule has 3 rings (SSSR count).